The van der Waals surface area contributed by atoms with Gasteiger partial charge in [0.2, 0.25) is 5.95 Å². The van der Waals surface area contributed by atoms with E-state index in [9.17, 15) is 0 Å². The Labute approximate surface area is 247 Å². The van der Waals surface area contributed by atoms with Gasteiger partial charge in [0.25, 0.3) is 0 Å². The summed E-state index contributed by atoms with van der Waals surface area (Å²) in [4.78, 5) is 11.8. The molecule has 2 aromatic heterocycles. The molecule has 0 saturated carbocycles. The minimum Gasteiger partial charge on any atom is -0.495 e. The molecule has 3 aromatic carbocycles. The van der Waals surface area contributed by atoms with E-state index >= 15 is 0 Å². The Morgan fingerprint density at radius 2 is 1.62 bits per heavy atom. The van der Waals surface area contributed by atoms with Crippen molar-refractivity contribution in [2.24, 2.45) is 0 Å². The minimum absolute atomic E-state index is 0.461. The van der Waals surface area contributed by atoms with E-state index in [-0.39, 0.29) is 0 Å². The first-order chi connectivity index (χ1) is 20.6. The normalized spacial score (nSPS) is 11.0. The van der Waals surface area contributed by atoms with E-state index in [2.05, 4.69) is 51.6 Å². The summed E-state index contributed by atoms with van der Waals surface area (Å²) in [6.45, 7) is 8.59. The second kappa shape index (κ2) is 14.1. The van der Waals surface area contributed by atoms with E-state index in [1.807, 2.05) is 90.0 Å². The van der Waals surface area contributed by atoms with Crippen LogP contribution in [-0.4, -0.2) is 58.0 Å². The smallest absolute Gasteiger partial charge is 0.229 e. The van der Waals surface area contributed by atoms with E-state index in [0.29, 0.717) is 30.7 Å². The van der Waals surface area contributed by atoms with Crippen molar-refractivity contribution in [3.63, 3.8) is 0 Å². The van der Waals surface area contributed by atoms with Crippen LogP contribution in [0, 0.1) is 0 Å². The fourth-order valence-corrected chi connectivity index (χ4v) is 4.58. The molecule has 0 saturated heterocycles. The molecule has 2 N–H and O–H groups in total. The molecule has 2 heterocycles. The first kappa shape index (κ1) is 28.6. The Balaban J connectivity index is 1.36. The predicted molar refractivity (Wildman–Crippen MR) is 168 cm³/mol. The van der Waals surface area contributed by atoms with Crippen molar-refractivity contribution in [2.75, 3.05) is 44.0 Å². The maximum absolute atomic E-state index is 5.93. The van der Waals surface area contributed by atoms with E-state index in [4.69, 9.17) is 14.5 Å². The number of likely N-dealkylation sites (N-methyl/N-ethyl adjacent to an activating group) is 1. The van der Waals surface area contributed by atoms with Crippen molar-refractivity contribution in [3.05, 3.63) is 103 Å². The van der Waals surface area contributed by atoms with Crippen molar-refractivity contribution >= 4 is 23.1 Å². The number of aromatic nitrogens is 4. The highest BCUT2D eigenvalue weighted by Crippen LogP contribution is 2.33. The number of ether oxygens (including phenoxy) is 2. The monoisotopic (exact) mass is 563 g/mol. The van der Waals surface area contributed by atoms with Crippen LogP contribution in [0.1, 0.15) is 19.4 Å². The highest BCUT2D eigenvalue weighted by atomic mass is 16.5. The van der Waals surface area contributed by atoms with Gasteiger partial charge in [0, 0.05) is 35.8 Å². The lowest BCUT2D eigenvalue weighted by molar-refractivity contribution is 0.223. The molecule has 0 radical (unpaired) electrons. The molecule has 0 atom stereocenters. The van der Waals surface area contributed by atoms with E-state index in [1.54, 1.807) is 7.11 Å². The topological polar surface area (TPSA) is 89.4 Å². The number of benzene rings is 3. The van der Waals surface area contributed by atoms with Crippen LogP contribution in [0.3, 0.4) is 0 Å². The third kappa shape index (κ3) is 7.44. The molecule has 0 aliphatic rings. The highest BCUT2D eigenvalue weighted by molar-refractivity contribution is 5.79. The van der Waals surface area contributed by atoms with Crippen LogP contribution in [0.25, 0.3) is 11.1 Å². The summed E-state index contributed by atoms with van der Waals surface area (Å²) in [5.41, 5.74) is 4.56. The van der Waals surface area contributed by atoms with E-state index in [1.165, 1.54) is 5.56 Å². The number of hydrogen-bond donors (Lipinski definition) is 2. The lowest BCUT2D eigenvalue weighted by Crippen LogP contribution is -2.27. The van der Waals surface area contributed by atoms with Crippen molar-refractivity contribution in [2.45, 2.75) is 20.4 Å². The molecule has 9 heteroatoms. The van der Waals surface area contributed by atoms with Gasteiger partial charge in [-0.05, 0) is 55.1 Å². The van der Waals surface area contributed by atoms with Gasteiger partial charge in [0.15, 0.2) is 0 Å². The van der Waals surface area contributed by atoms with Crippen molar-refractivity contribution in [1.29, 1.82) is 0 Å². The van der Waals surface area contributed by atoms with Crippen LogP contribution >= 0.6 is 0 Å². The summed E-state index contributed by atoms with van der Waals surface area (Å²) in [6.07, 6.45) is 5.65. The van der Waals surface area contributed by atoms with Crippen LogP contribution in [0.4, 0.5) is 23.1 Å². The molecular formula is C33H37N7O2. The molecule has 42 heavy (non-hydrogen) atoms. The lowest BCUT2D eigenvalue weighted by atomic mass is 10.1. The van der Waals surface area contributed by atoms with Gasteiger partial charge in [-0.15, -0.1) is 0 Å². The van der Waals surface area contributed by atoms with Crippen molar-refractivity contribution in [1.82, 2.24) is 24.6 Å². The molecule has 0 aliphatic carbocycles. The van der Waals surface area contributed by atoms with Crippen LogP contribution < -0.4 is 20.1 Å². The summed E-state index contributed by atoms with van der Waals surface area (Å²) in [5, 5.41) is 11.4. The number of rotatable bonds is 14. The first-order valence-corrected chi connectivity index (χ1v) is 14.2. The molecule has 5 aromatic rings. The zero-order valence-electron chi connectivity index (χ0n) is 24.3. The summed E-state index contributed by atoms with van der Waals surface area (Å²) in [6, 6.07) is 25.8. The number of anilines is 4. The van der Waals surface area contributed by atoms with Gasteiger partial charge in [-0.1, -0.05) is 56.3 Å². The SMILES string of the molecule is CCN(CC)CCOc1ccc(Nc2ncc(-c3cnn(Cc4ccccc4)c3)c(Nc3ccccc3OC)n2)cc1. The van der Waals surface area contributed by atoms with Gasteiger partial charge >= 0.3 is 0 Å². The van der Waals surface area contributed by atoms with Gasteiger partial charge in [0.05, 0.1) is 25.5 Å². The van der Waals surface area contributed by atoms with E-state index < -0.39 is 0 Å². The molecule has 5 rings (SSSR count). The maximum Gasteiger partial charge on any atom is 0.229 e. The average molecular weight is 564 g/mol. The Kier molecular flexibility index (Phi) is 9.64. The number of hydrogen-bond acceptors (Lipinski definition) is 8. The summed E-state index contributed by atoms with van der Waals surface area (Å²) in [7, 11) is 1.65. The fraction of sp³-hybridized carbons (Fsp3) is 0.242. The molecule has 216 valence electrons. The predicted octanol–water partition coefficient (Wildman–Crippen LogP) is 6.60. The van der Waals surface area contributed by atoms with Crippen LogP contribution in [0.2, 0.25) is 0 Å². The van der Waals surface area contributed by atoms with Gasteiger partial charge in [-0.2, -0.15) is 10.1 Å². The van der Waals surface area contributed by atoms with Gasteiger partial charge in [0.1, 0.15) is 23.9 Å². The molecule has 0 aliphatic heterocycles. The summed E-state index contributed by atoms with van der Waals surface area (Å²) in [5.74, 6) is 2.64. The van der Waals surface area contributed by atoms with Gasteiger partial charge in [-0.3, -0.25) is 4.68 Å². The third-order valence-corrected chi connectivity index (χ3v) is 6.96. The Morgan fingerprint density at radius 1 is 0.857 bits per heavy atom. The van der Waals surface area contributed by atoms with E-state index in [0.717, 1.165) is 47.9 Å². The second-order valence-corrected chi connectivity index (χ2v) is 9.72. The number of para-hydroxylation sites is 2. The van der Waals surface area contributed by atoms with Crippen LogP contribution in [-0.2, 0) is 6.54 Å². The molecule has 0 unspecified atom stereocenters. The average Bonchev–Trinajstić information content (AvgIpc) is 3.49. The molecular weight excluding hydrogens is 526 g/mol. The Bertz CT molecular complexity index is 1550. The molecule has 0 amide bonds. The largest absolute Gasteiger partial charge is 0.495 e. The highest BCUT2D eigenvalue weighted by Gasteiger charge is 2.14. The number of nitrogens with one attached hydrogen (secondary N) is 2. The van der Waals surface area contributed by atoms with Gasteiger partial charge < -0.3 is 25.0 Å². The van der Waals surface area contributed by atoms with Crippen molar-refractivity contribution in [3.8, 4) is 22.6 Å². The quantitative estimate of drug-likeness (QED) is 0.156. The third-order valence-electron chi connectivity index (χ3n) is 6.96. The fourth-order valence-electron chi connectivity index (χ4n) is 4.58. The zero-order valence-corrected chi connectivity index (χ0v) is 24.3. The minimum atomic E-state index is 0.461. The molecule has 0 fully saturated rings. The summed E-state index contributed by atoms with van der Waals surface area (Å²) >= 11 is 0. The molecule has 9 nitrogen and oxygen atoms in total. The van der Waals surface area contributed by atoms with Crippen LogP contribution in [0.5, 0.6) is 11.5 Å². The Hall–Kier alpha value is -4.89. The number of nitrogens with zero attached hydrogens (tertiary/aromatic N) is 5. The Morgan fingerprint density at radius 3 is 2.38 bits per heavy atom. The molecule has 0 spiro atoms. The number of methoxy groups -OCH3 is 1. The zero-order chi connectivity index (χ0) is 29.1. The lowest BCUT2D eigenvalue weighted by Gasteiger charge is -2.18. The van der Waals surface area contributed by atoms with Gasteiger partial charge in [-0.25, -0.2) is 4.98 Å². The standard InChI is InChI=1S/C33H37N7O2/c1-4-39(5-2)19-20-42-28-17-15-27(16-18-28)36-33-34-22-29(32(38-33)37-30-13-9-10-14-31(30)41-3)26-21-35-40(24-26)23-25-11-7-6-8-12-25/h6-18,21-22,24H,4-5,19-20,23H2,1-3H3,(H2,34,36,37,38). The first-order valence-electron chi connectivity index (χ1n) is 14.2. The van der Waals surface area contributed by atoms with Crippen molar-refractivity contribution < 1.29 is 9.47 Å². The maximum atomic E-state index is 5.93. The van der Waals surface area contributed by atoms with Crippen LogP contribution in [0.15, 0.2) is 97.5 Å². The second-order valence-electron chi connectivity index (χ2n) is 9.72. The summed E-state index contributed by atoms with van der Waals surface area (Å²) < 4.78 is 13.4. The molecule has 0 bridgehead atoms.